The maximum atomic E-state index is 11.5. The Morgan fingerprint density at radius 1 is 1.33 bits per heavy atom. The molecule has 0 heterocycles. The summed E-state index contributed by atoms with van der Waals surface area (Å²) in [5.41, 5.74) is 0.972. The summed E-state index contributed by atoms with van der Waals surface area (Å²) in [4.78, 5) is 11.5. The first-order valence-corrected chi connectivity index (χ1v) is 8.09. The highest BCUT2D eigenvalue weighted by Crippen LogP contribution is 2.17. The summed E-state index contributed by atoms with van der Waals surface area (Å²) >= 11 is 2.89. The van der Waals surface area contributed by atoms with Gasteiger partial charge in [0.15, 0.2) is 0 Å². The lowest BCUT2D eigenvalue weighted by Crippen LogP contribution is -2.18. The molecule has 1 rings (SSSR count). The van der Waals surface area contributed by atoms with Crippen molar-refractivity contribution in [1.29, 1.82) is 0 Å². The van der Waals surface area contributed by atoms with E-state index >= 15 is 0 Å². The van der Waals surface area contributed by atoms with E-state index in [1.165, 1.54) is 0 Å². The predicted octanol–water partition coefficient (Wildman–Crippen LogP) is 2.38. The van der Waals surface area contributed by atoms with Crippen LogP contribution in [-0.4, -0.2) is 19.0 Å². The lowest BCUT2D eigenvalue weighted by atomic mass is 10.2. The summed E-state index contributed by atoms with van der Waals surface area (Å²) in [6.07, 6.45) is 0. The number of hydrogen-bond acceptors (Lipinski definition) is 3. The van der Waals surface area contributed by atoms with Crippen molar-refractivity contribution in [1.82, 2.24) is 0 Å². The van der Waals surface area contributed by atoms with Crippen LogP contribution in [0.5, 0.6) is 0 Å². The van der Waals surface area contributed by atoms with Crippen LogP contribution in [0.25, 0.3) is 0 Å². The van der Waals surface area contributed by atoms with Crippen LogP contribution in [0.1, 0.15) is 13.8 Å². The molecule has 0 unspecified atom stereocenters. The Morgan fingerprint density at radius 2 is 1.94 bits per heavy atom. The van der Waals surface area contributed by atoms with Gasteiger partial charge in [-0.05, 0) is 18.2 Å². The number of alkyl halides is 1. The van der Waals surface area contributed by atoms with E-state index in [0.29, 0.717) is 11.4 Å². The van der Waals surface area contributed by atoms with Crippen molar-refractivity contribution in [3.05, 3.63) is 24.3 Å². The van der Waals surface area contributed by atoms with Gasteiger partial charge in [0.25, 0.3) is 0 Å². The molecule has 0 aliphatic carbocycles. The fourth-order valence-corrected chi connectivity index (χ4v) is 2.04. The smallest absolute Gasteiger partial charge is 0.242 e. The molecule has 5 nitrogen and oxygen atoms in total. The molecular weight excluding hydrogens is 320 g/mol. The van der Waals surface area contributed by atoms with Crippen molar-refractivity contribution in [3.63, 3.8) is 0 Å². The molecule has 0 atom stereocenters. The molecule has 0 bridgehead atoms. The number of halogens is 1. The van der Waals surface area contributed by atoms with Crippen LogP contribution < -0.4 is 10.0 Å². The molecule has 0 aromatic heterocycles. The van der Waals surface area contributed by atoms with E-state index in [0.717, 1.165) is 0 Å². The van der Waals surface area contributed by atoms with Gasteiger partial charge in [0, 0.05) is 11.6 Å². The van der Waals surface area contributed by atoms with Gasteiger partial charge in [0.05, 0.1) is 5.69 Å². The Balaban J connectivity index is 2.83. The number of anilines is 2. The van der Waals surface area contributed by atoms with E-state index in [1.54, 1.807) is 38.1 Å². The Labute approximate surface area is 115 Å². The van der Waals surface area contributed by atoms with E-state index in [4.69, 9.17) is 0 Å². The van der Waals surface area contributed by atoms with Gasteiger partial charge in [-0.2, -0.15) is 0 Å². The Morgan fingerprint density at radius 3 is 2.50 bits per heavy atom. The first-order valence-electron chi connectivity index (χ1n) is 5.31. The maximum absolute atomic E-state index is 11.5. The summed E-state index contributed by atoms with van der Waals surface area (Å²) < 4.78 is 24.9. The molecule has 0 aliphatic heterocycles. The minimum absolute atomic E-state index is 0.115. The van der Waals surface area contributed by atoms with Gasteiger partial charge in [-0.3, -0.25) is 9.52 Å². The van der Waals surface area contributed by atoms with Gasteiger partial charge in [-0.1, -0.05) is 35.8 Å². The molecule has 0 saturated heterocycles. The van der Waals surface area contributed by atoms with Gasteiger partial charge in [-0.15, -0.1) is 0 Å². The zero-order valence-corrected chi connectivity index (χ0v) is 12.5. The van der Waals surface area contributed by atoms with Crippen LogP contribution in [0.15, 0.2) is 24.3 Å². The van der Waals surface area contributed by atoms with Crippen LogP contribution in [0.3, 0.4) is 0 Å². The number of sulfonamides is 1. The van der Waals surface area contributed by atoms with E-state index in [9.17, 15) is 13.2 Å². The number of carbonyl (C=O) groups excluding carboxylic acids is 1. The van der Waals surface area contributed by atoms with Crippen molar-refractivity contribution >= 4 is 43.2 Å². The Kier molecular flexibility index (Phi) is 5.15. The average molecular weight is 335 g/mol. The number of carbonyl (C=O) groups is 1. The summed E-state index contributed by atoms with van der Waals surface area (Å²) in [6, 6.07) is 6.56. The number of nitrogens with one attached hydrogen (secondary N) is 2. The molecule has 1 aromatic carbocycles. The quantitative estimate of drug-likeness (QED) is 0.811. The topological polar surface area (TPSA) is 75.3 Å². The monoisotopic (exact) mass is 334 g/mol. The highest BCUT2D eigenvalue weighted by atomic mass is 79.9. The van der Waals surface area contributed by atoms with Gasteiger partial charge < -0.3 is 5.32 Å². The maximum Gasteiger partial charge on any atom is 0.242 e. The molecule has 2 N–H and O–H groups in total. The molecule has 0 spiro atoms. The highest BCUT2D eigenvalue weighted by molar-refractivity contribution is 9.10. The normalized spacial score (nSPS) is 11.3. The molecule has 0 radical (unpaired) electrons. The zero-order valence-electron chi connectivity index (χ0n) is 10.1. The SMILES string of the molecule is CC(C)C(=O)Nc1cccc(NS(=O)(=O)CBr)c1. The number of rotatable bonds is 5. The van der Waals surface area contributed by atoms with E-state index < -0.39 is 10.0 Å². The van der Waals surface area contributed by atoms with Gasteiger partial charge >= 0.3 is 0 Å². The first kappa shape index (κ1) is 15.0. The minimum Gasteiger partial charge on any atom is -0.326 e. The second-order valence-electron chi connectivity index (χ2n) is 4.05. The number of benzene rings is 1. The van der Waals surface area contributed by atoms with E-state index in [1.807, 2.05) is 0 Å². The van der Waals surface area contributed by atoms with Crippen molar-refractivity contribution in [2.45, 2.75) is 13.8 Å². The van der Waals surface area contributed by atoms with Crippen LogP contribution >= 0.6 is 15.9 Å². The van der Waals surface area contributed by atoms with E-state index in [2.05, 4.69) is 26.0 Å². The summed E-state index contributed by atoms with van der Waals surface area (Å²) in [5, 5.41) is 2.70. The second-order valence-corrected chi connectivity index (χ2v) is 7.08. The number of amides is 1. The largest absolute Gasteiger partial charge is 0.326 e. The fraction of sp³-hybridized carbons (Fsp3) is 0.364. The van der Waals surface area contributed by atoms with E-state index in [-0.39, 0.29) is 16.5 Å². The third kappa shape index (κ3) is 4.66. The third-order valence-corrected chi connectivity index (χ3v) is 4.71. The molecule has 0 saturated carbocycles. The average Bonchev–Trinajstić information content (AvgIpc) is 2.28. The zero-order chi connectivity index (χ0) is 13.8. The van der Waals surface area contributed by atoms with Gasteiger partial charge in [0.1, 0.15) is 4.66 Å². The molecule has 100 valence electrons. The predicted molar refractivity (Wildman–Crippen MR) is 76.2 cm³/mol. The van der Waals surface area contributed by atoms with Crippen molar-refractivity contribution < 1.29 is 13.2 Å². The van der Waals surface area contributed by atoms with Gasteiger partial charge in [-0.25, -0.2) is 8.42 Å². The highest BCUT2D eigenvalue weighted by Gasteiger charge is 2.10. The molecule has 0 fully saturated rings. The molecule has 7 heteroatoms. The lowest BCUT2D eigenvalue weighted by Gasteiger charge is -2.10. The van der Waals surface area contributed by atoms with Crippen LogP contribution in [-0.2, 0) is 14.8 Å². The van der Waals surface area contributed by atoms with Crippen molar-refractivity contribution in [3.8, 4) is 0 Å². The molecule has 1 aromatic rings. The van der Waals surface area contributed by atoms with Crippen molar-refractivity contribution in [2.24, 2.45) is 5.92 Å². The Bertz CT molecular complexity index is 529. The van der Waals surface area contributed by atoms with Crippen LogP contribution in [0.2, 0.25) is 0 Å². The van der Waals surface area contributed by atoms with Crippen molar-refractivity contribution in [2.75, 3.05) is 14.7 Å². The Hall–Kier alpha value is -1.08. The lowest BCUT2D eigenvalue weighted by molar-refractivity contribution is -0.118. The minimum atomic E-state index is -3.38. The second kappa shape index (κ2) is 6.19. The molecule has 1 amide bonds. The molecule has 0 aliphatic rings. The molecule has 18 heavy (non-hydrogen) atoms. The standard InChI is InChI=1S/C11H15BrN2O3S/c1-8(2)11(15)13-9-4-3-5-10(6-9)14-18(16,17)7-12/h3-6,8,14H,7H2,1-2H3,(H,13,15). The van der Waals surface area contributed by atoms with Crippen LogP contribution in [0, 0.1) is 5.92 Å². The summed E-state index contributed by atoms with van der Waals surface area (Å²) in [6.45, 7) is 3.57. The third-order valence-electron chi connectivity index (χ3n) is 2.07. The number of hydrogen-bond donors (Lipinski definition) is 2. The van der Waals surface area contributed by atoms with Gasteiger partial charge in [0.2, 0.25) is 15.9 Å². The summed E-state index contributed by atoms with van der Waals surface area (Å²) in [7, 11) is -3.38. The first-order chi connectivity index (χ1) is 8.34. The van der Waals surface area contributed by atoms with Crippen LogP contribution in [0.4, 0.5) is 11.4 Å². The summed E-state index contributed by atoms with van der Waals surface area (Å²) in [5.74, 6) is -0.247. The molecular formula is C11H15BrN2O3S. The fourth-order valence-electron chi connectivity index (χ4n) is 1.15.